The van der Waals surface area contributed by atoms with E-state index >= 15 is 0 Å². The lowest BCUT2D eigenvalue weighted by Gasteiger charge is -2.54. The van der Waals surface area contributed by atoms with Crippen LogP contribution < -0.4 is 5.32 Å². The van der Waals surface area contributed by atoms with E-state index in [2.05, 4.69) is 44.8 Å². The Kier molecular flexibility index (Phi) is 4.62. The van der Waals surface area contributed by atoms with Crippen LogP contribution in [0, 0.1) is 5.41 Å². The van der Waals surface area contributed by atoms with Crippen LogP contribution in [-0.4, -0.2) is 35.6 Å². The number of hydrogen-bond donors (Lipinski definition) is 1. The van der Waals surface area contributed by atoms with Gasteiger partial charge in [0.1, 0.15) is 0 Å². The van der Waals surface area contributed by atoms with Crippen LogP contribution >= 0.6 is 0 Å². The Morgan fingerprint density at radius 1 is 1.16 bits per heavy atom. The number of nitrogens with zero attached hydrogens (tertiary/aromatic N) is 1. The molecule has 0 radical (unpaired) electrons. The van der Waals surface area contributed by atoms with E-state index in [1.54, 1.807) is 0 Å². The Hall–Kier alpha value is -0.0800. The highest BCUT2D eigenvalue weighted by atomic mass is 15.3. The van der Waals surface area contributed by atoms with Crippen LogP contribution in [0.25, 0.3) is 0 Å². The van der Waals surface area contributed by atoms with Crippen molar-refractivity contribution < 1.29 is 0 Å². The third kappa shape index (κ3) is 3.52. The third-order valence-electron chi connectivity index (χ3n) is 5.48. The fraction of sp³-hybridized carbons (Fsp3) is 1.00. The molecular formula is C17H34N2. The van der Waals surface area contributed by atoms with Crippen molar-refractivity contribution in [2.45, 2.75) is 90.8 Å². The lowest BCUT2D eigenvalue weighted by atomic mass is 9.79. The van der Waals surface area contributed by atoms with E-state index in [4.69, 9.17) is 0 Å². The van der Waals surface area contributed by atoms with Gasteiger partial charge in [-0.1, -0.05) is 47.0 Å². The Morgan fingerprint density at radius 2 is 1.79 bits per heavy atom. The van der Waals surface area contributed by atoms with Crippen LogP contribution in [0.5, 0.6) is 0 Å². The molecule has 0 aromatic heterocycles. The van der Waals surface area contributed by atoms with Gasteiger partial charge in [0.15, 0.2) is 0 Å². The molecule has 0 amide bonds. The van der Waals surface area contributed by atoms with E-state index in [9.17, 15) is 0 Å². The van der Waals surface area contributed by atoms with E-state index in [0.29, 0.717) is 17.0 Å². The van der Waals surface area contributed by atoms with Gasteiger partial charge in [-0.3, -0.25) is 4.90 Å². The lowest BCUT2D eigenvalue weighted by Crippen LogP contribution is -2.67. The summed E-state index contributed by atoms with van der Waals surface area (Å²) in [5, 5.41) is 3.83. The van der Waals surface area contributed by atoms with Gasteiger partial charge < -0.3 is 5.32 Å². The molecule has 2 fully saturated rings. The van der Waals surface area contributed by atoms with E-state index in [1.165, 1.54) is 45.1 Å². The lowest BCUT2D eigenvalue weighted by molar-refractivity contribution is -0.0152. The SMILES string of the molecule is CCC1(C)CN(C2CCCCC2)C(C(C)(C)C)CN1. The second-order valence-electron chi connectivity index (χ2n) is 8.14. The standard InChI is InChI=1S/C17H34N2/c1-6-17(5)13-19(14-10-8-7-9-11-14)15(12-18-17)16(2,3)4/h14-15,18H,6-13H2,1-5H3. The number of rotatable bonds is 2. The molecule has 0 aromatic carbocycles. The van der Waals surface area contributed by atoms with E-state index in [-0.39, 0.29) is 0 Å². The van der Waals surface area contributed by atoms with E-state index < -0.39 is 0 Å². The van der Waals surface area contributed by atoms with Gasteiger partial charge in [-0.05, 0) is 31.6 Å². The first-order valence-corrected chi connectivity index (χ1v) is 8.36. The molecule has 1 aliphatic heterocycles. The molecule has 2 unspecified atom stereocenters. The summed E-state index contributed by atoms with van der Waals surface area (Å²) in [6.45, 7) is 14.3. The number of hydrogen-bond acceptors (Lipinski definition) is 2. The van der Waals surface area contributed by atoms with Crippen LogP contribution in [0.15, 0.2) is 0 Å². The summed E-state index contributed by atoms with van der Waals surface area (Å²) < 4.78 is 0. The molecule has 0 spiro atoms. The van der Waals surface area contributed by atoms with Crippen molar-refractivity contribution >= 4 is 0 Å². The summed E-state index contributed by atoms with van der Waals surface area (Å²) in [5.74, 6) is 0. The second kappa shape index (κ2) is 5.73. The molecular weight excluding hydrogens is 232 g/mol. The van der Waals surface area contributed by atoms with Crippen molar-refractivity contribution in [1.82, 2.24) is 10.2 Å². The zero-order valence-corrected chi connectivity index (χ0v) is 13.8. The molecule has 2 atom stereocenters. The summed E-state index contributed by atoms with van der Waals surface area (Å²) >= 11 is 0. The molecule has 2 rings (SSSR count). The van der Waals surface area contributed by atoms with Gasteiger partial charge in [-0.15, -0.1) is 0 Å². The minimum Gasteiger partial charge on any atom is -0.309 e. The highest BCUT2D eigenvalue weighted by molar-refractivity contribution is 5.00. The van der Waals surface area contributed by atoms with Gasteiger partial charge in [0.25, 0.3) is 0 Å². The summed E-state index contributed by atoms with van der Waals surface area (Å²) in [6, 6.07) is 1.53. The minimum atomic E-state index is 0.319. The smallest absolute Gasteiger partial charge is 0.0278 e. The molecule has 19 heavy (non-hydrogen) atoms. The second-order valence-corrected chi connectivity index (χ2v) is 8.14. The highest BCUT2D eigenvalue weighted by Crippen LogP contribution is 2.35. The van der Waals surface area contributed by atoms with Gasteiger partial charge in [-0.2, -0.15) is 0 Å². The largest absolute Gasteiger partial charge is 0.309 e. The zero-order chi connectivity index (χ0) is 14.1. The topological polar surface area (TPSA) is 15.3 Å². The molecule has 2 heteroatoms. The van der Waals surface area contributed by atoms with Crippen LogP contribution in [0.2, 0.25) is 0 Å². The molecule has 1 heterocycles. The van der Waals surface area contributed by atoms with Crippen LogP contribution in [-0.2, 0) is 0 Å². The average Bonchev–Trinajstić information content (AvgIpc) is 2.38. The molecule has 1 saturated heterocycles. The highest BCUT2D eigenvalue weighted by Gasteiger charge is 2.42. The summed E-state index contributed by atoms with van der Waals surface area (Å²) in [5.41, 5.74) is 0.693. The monoisotopic (exact) mass is 266 g/mol. The van der Waals surface area contributed by atoms with Crippen molar-refractivity contribution in [2.24, 2.45) is 5.41 Å². The van der Waals surface area contributed by atoms with Crippen LogP contribution in [0.1, 0.15) is 73.1 Å². The maximum Gasteiger partial charge on any atom is 0.0278 e. The summed E-state index contributed by atoms with van der Waals surface area (Å²) in [4.78, 5) is 2.87. The van der Waals surface area contributed by atoms with Gasteiger partial charge in [0.05, 0.1) is 0 Å². The van der Waals surface area contributed by atoms with Crippen molar-refractivity contribution in [1.29, 1.82) is 0 Å². The molecule has 1 saturated carbocycles. The number of nitrogens with one attached hydrogen (secondary N) is 1. The normalized spacial score (nSPS) is 35.5. The molecule has 2 nitrogen and oxygen atoms in total. The Labute approximate surface area is 120 Å². The molecule has 1 aliphatic carbocycles. The van der Waals surface area contributed by atoms with E-state index in [0.717, 1.165) is 12.6 Å². The van der Waals surface area contributed by atoms with Gasteiger partial charge >= 0.3 is 0 Å². The predicted molar refractivity (Wildman–Crippen MR) is 83.5 cm³/mol. The average molecular weight is 266 g/mol. The summed E-state index contributed by atoms with van der Waals surface area (Å²) in [7, 11) is 0. The Morgan fingerprint density at radius 3 is 2.32 bits per heavy atom. The Balaban J connectivity index is 2.15. The zero-order valence-electron chi connectivity index (χ0n) is 13.8. The maximum absolute atomic E-state index is 3.83. The van der Waals surface area contributed by atoms with Crippen molar-refractivity contribution in [3.8, 4) is 0 Å². The predicted octanol–water partition coefficient (Wildman–Crippen LogP) is 3.81. The fourth-order valence-electron chi connectivity index (χ4n) is 3.87. The molecule has 1 N–H and O–H groups in total. The van der Waals surface area contributed by atoms with Crippen LogP contribution in [0.4, 0.5) is 0 Å². The van der Waals surface area contributed by atoms with Gasteiger partial charge in [0, 0.05) is 30.7 Å². The van der Waals surface area contributed by atoms with Gasteiger partial charge in [0.2, 0.25) is 0 Å². The fourth-order valence-corrected chi connectivity index (χ4v) is 3.87. The van der Waals surface area contributed by atoms with E-state index in [1.807, 2.05) is 0 Å². The van der Waals surface area contributed by atoms with Crippen LogP contribution in [0.3, 0.4) is 0 Å². The maximum atomic E-state index is 3.83. The molecule has 112 valence electrons. The quantitative estimate of drug-likeness (QED) is 0.817. The first-order chi connectivity index (χ1) is 8.86. The minimum absolute atomic E-state index is 0.319. The molecule has 0 aromatic rings. The van der Waals surface area contributed by atoms with Crippen molar-refractivity contribution in [3.63, 3.8) is 0 Å². The molecule has 0 bridgehead atoms. The number of piperazine rings is 1. The third-order valence-corrected chi connectivity index (χ3v) is 5.48. The first kappa shape index (κ1) is 15.3. The first-order valence-electron chi connectivity index (χ1n) is 8.36. The Bertz CT molecular complexity index is 288. The molecule has 2 aliphatic rings. The van der Waals surface area contributed by atoms with Crippen molar-refractivity contribution in [3.05, 3.63) is 0 Å². The van der Waals surface area contributed by atoms with Crippen molar-refractivity contribution in [2.75, 3.05) is 13.1 Å². The summed E-state index contributed by atoms with van der Waals surface area (Å²) in [6.07, 6.45) is 8.41. The van der Waals surface area contributed by atoms with Gasteiger partial charge in [-0.25, -0.2) is 0 Å².